The number of carbonyl (C=O) groups is 2. The van der Waals surface area contributed by atoms with Crippen molar-refractivity contribution >= 4 is 11.9 Å². The van der Waals surface area contributed by atoms with Crippen LogP contribution in [-0.2, 0) is 9.59 Å². The maximum Gasteiger partial charge on any atom is 0.307 e. The molecule has 0 aliphatic heterocycles. The number of nitrogens with one attached hydrogen (secondary N) is 1. The van der Waals surface area contributed by atoms with E-state index >= 15 is 0 Å². The Hall–Kier alpha value is -1.06. The van der Waals surface area contributed by atoms with Gasteiger partial charge in [-0.25, -0.2) is 0 Å². The van der Waals surface area contributed by atoms with Gasteiger partial charge < -0.3 is 10.4 Å². The zero-order chi connectivity index (χ0) is 13.1. The fourth-order valence-electron chi connectivity index (χ4n) is 2.46. The minimum Gasteiger partial charge on any atom is -0.481 e. The molecule has 1 rings (SSSR count). The lowest BCUT2D eigenvalue weighted by Gasteiger charge is -2.05. The average Bonchev–Trinajstić information content (AvgIpc) is 2.81. The first kappa shape index (κ1) is 14.0. The summed E-state index contributed by atoms with van der Waals surface area (Å²) < 4.78 is 0. The second kappa shape index (κ2) is 5.52. The molecule has 1 aliphatic carbocycles. The van der Waals surface area contributed by atoms with Crippen LogP contribution < -0.4 is 5.32 Å². The Morgan fingerprint density at radius 3 is 2.29 bits per heavy atom. The molecular weight excluding hydrogens is 218 g/mol. The molecule has 4 nitrogen and oxygen atoms in total. The molecule has 0 aromatic heterocycles. The molecule has 1 amide bonds. The highest BCUT2D eigenvalue weighted by molar-refractivity contribution is 5.91. The summed E-state index contributed by atoms with van der Waals surface area (Å²) >= 11 is 0. The predicted molar refractivity (Wildman–Crippen MR) is 65.5 cm³/mol. The zero-order valence-electron chi connectivity index (χ0n) is 11.0. The summed E-state index contributed by atoms with van der Waals surface area (Å²) in [7, 11) is 0. The van der Waals surface area contributed by atoms with Crippen LogP contribution in [0.3, 0.4) is 0 Å². The predicted octanol–water partition coefficient (Wildman–Crippen LogP) is 2.04. The van der Waals surface area contributed by atoms with E-state index in [0.717, 1.165) is 12.8 Å². The summed E-state index contributed by atoms with van der Waals surface area (Å²) in [6, 6.07) is 0. The van der Waals surface area contributed by atoms with Crippen LogP contribution in [0.15, 0.2) is 0 Å². The number of carboxylic acid groups (broad SMARTS) is 1. The standard InChI is InChI=1S/C13H23NO3/c1-4-5-6-7-8-14-11(15)9-10(12(16)17)13(9,2)3/h9-10H,4-8H2,1-3H3,(H,14,15)(H,16,17)/t9-,10+/m1/s1. The zero-order valence-corrected chi connectivity index (χ0v) is 11.0. The molecule has 2 N–H and O–H groups in total. The Balaban J connectivity index is 2.28. The normalized spacial score (nSPS) is 25.4. The van der Waals surface area contributed by atoms with Crippen LogP contribution in [0.4, 0.5) is 0 Å². The monoisotopic (exact) mass is 241 g/mol. The molecule has 0 aromatic carbocycles. The van der Waals surface area contributed by atoms with Gasteiger partial charge in [0.15, 0.2) is 0 Å². The third-order valence-corrected chi connectivity index (χ3v) is 3.71. The first-order chi connectivity index (χ1) is 7.92. The molecule has 1 saturated carbocycles. The van der Waals surface area contributed by atoms with Gasteiger partial charge in [-0.15, -0.1) is 0 Å². The molecule has 1 aliphatic rings. The van der Waals surface area contributed by atoms with Gasteiger partial charge in [-0.05, 0) is 11.8 Å². The molecule has 0 heterocycles. The molecule has 2 atom stereocenters. The van der Waals surface area contributed by atoms with Crippen molar-refractivity contribution in [3.63, 3.8) is 0 Å². The van der Waals surface area contributed by atoms with Gasteiger partial charge in [0.25, 0.3) is 0 Å². The topological polar surface area (TPSA) is 66.4 Å². The Morgan fingerprint density at radius 1 is 1.18 bits per heavy atom. The minimum absolute atomic E-state index is 0.0982. The molecule has 0 radical (unpaired) electrons. The smallest absolute Gasteiger partial charge is 0.307 e. The van der Waals surface area contributed by atoms with Gasteiger partial charge in [-0.2, -0.15) is 0 Å². The molecule has 17 heavy (non-hydrogen) atoms. The maximum atomic E-state index is 11.8. The number of aliphatic carboxylic acids is 1. The highest BCUT2D eigenvalue weighted by atomic mass is 16.4. The Kier molecular flexibility index (Phi) is 4.54. The van der Waals surface area contributed by atoms with Crippen LogP contribution >= 0.6 is 0 Å². The Bertz CT molecular complexity index is 299. The summed E-state index contributed by atoms with van der Waals surface area (Å²) in [4.78, 5) is 22.7. The van der Waals surface area contributed by atoms with Gasteiger partial charge in [0, 0.05) is 6.54 Å². The van der Waals surface area contributed by atoms with Crippen LogP contribution in [0.2, 0.25) is 0 Å². The fourth-order valence-corrected chi connectivity index (χ4v) is 2.46. The van der Waals surface area contributed by atoms with Gasteiger partial charge in [-0.1, -0.05) is 40.0 Å². The molecule has 98 valence electrons. The summed E-state index contributed by atoms with van der Waals surface area (Å²) in [5.41, 5.74) is -0.390. The Labute approximate surface area is 103 Å². The van der Waals surface area contributed by atoms with Crippen LogP contribution in [0.1, 0.15) is 46.5 Å². The first-order valence-corrected chi connectivity index (χ1v) is 6.43. The van der Waals surface area contributed by atoms with E-state index in [1.807, 2.05) is 13.8 Å². The van der Waals surface area contributed by atoms with E-state index in [1.165, 1.54) is 12.8 Å². The van der Waals surface area contributed by atoms with Crippen molar-refractivity contribution in [3.05, 3.63) is 0 Å². The van der Waals surface area contributed by atoms with E-state index in [1.54, 1.807) is 0 Å². The van der Waals surface area contributed by atoms with Gasteiger partial charge >= 0.3 is 5.97 Å². The molecule has 0 saturated heterocycles. The van der Waals surface area contributed by atoms with Crippen molar-refractivity contribution in [2.75, 3.05) is 6.54 Å². The number of amides is 1. The number of unbranched alkanes of at least 4 members (excludes halogenated alkanes) is 3. The van der Waals surface area contributed by atoms with Gasteiger partial charge in [0.05, 0.1) is 11.8 Å². The molecule has 0 aromatic rings. The van der Waals surface area contributed by atoms with Gasteiger partial charge in [0.2, 0.25) is 5.91 Å². The number of hydrogen-bond acceptors (Lipinski definition) is 2. The van der Waals surface area contributed by atoms with E-state index in [4.69, 9.17) is 5.11 Å². The summed E-state index contributed by atoms with van der Waals surface area (Å²) in [6.07, 6.45) is 4.45. The van der Waals surface area contributed by atoms with Crippen molar-refractivity contribution in [3.8, 4) is 0 Å². The molecule has 4 heteroatoms. The summed E-state index contributed by atoms with van der Waals surface area (Å²) in [5, 5.41) is 11.8. The number of rotatable bonds is 7. The molecule has 0 spiro atoms. The van der Waals surface area contributed by atoms with Crippen LogP contribution in [-0.4, -0.2) is 23.5 Å². The first-order valence-electron chi connectivity index (χ1n) is 6.43. The van der Waals surface area contributed by atoms with Crippen LogP contribution in [0.25, 0.3) is 0 Å². The van der Waals surface area contributed by atoms with E-state index in [-0.39, 0.29) is 17.2 Å². The minimum atomic E-state index is -0.860. The van der Waals surface area contributed by atoms with Crippen LogP contribution in [0, 0.1) is 17.3 Å². The number of carbonyl (C=O) groups excluding carboxylic acids is 1. The molecule has 0 unspecified atom stereocenters. The molecule has 1 fully saturated rings. The fraction of sp³-hybridized carbons (Fsp3) is 0.846. The third kappa shape index (κ3) is 3.20. The third-order valence-electron chi connectivity index (χ3n) is 3.71. The average molecular weight is 241 g/mol. The second-order valence-corrected chi connectivity index (χ2v) is 5.47. The number of hydrogen-bond donors (Lipinski definition) is 2. The number of carboxylic acids is 1. The Morgan fingerprint density at radius 2 is 1.82 bits per heavy atom. The lowest BCUT2D eigenvalue weighted by Crippen LogP contribution is -2.28. The van der Waals surface area contributed by atoms with E-state index in [9.17, 15) is 9.59 Å². The summed E-state index contributed by atoms with van der Waals surface area (Å²) in [5.74, 6) is -1.83. The van der Waals surface area contributed by atoms with Gasteiger partial charge in [0.1, 0.15) is 0 Å². The molecule has 0 bridgehead atoms. The largest absolute Gasteiger partial charge is 0.481 e. The quantitative estimate of drug-likeness (QED) is 0.670. The van der Waals surface area contributed by atoms with Gasteiger partial charge in [-0.3, -0.25) is 9.59 Å². The van der Waals surface area contributed by atoms with Crippen LogP contribution in [0.5, 0.6) is 0 Å². The van der Waals surface area contributed by atoms with Crippen molar-refractivity contribution in [2.24, 2.45) is 17.3 Å². The van der Waals surface area contributed by atoms with Crippen molar-refractivity contribution in [2.45, 2.75) is 46.5 Å². The lowest BCUT2D eigenvalue weighted by atomic mass is 10.1. The highest BCUT2D eigenvalue weighted by Gasteiger charge is 2.65. The summed E-state index contributed by atoms with van der Waals surface area (Å²) in [6.45, 7) is 6.49. The van der Waals surface area contributed by atoms with E-state index in [2.05, 4.69) is 12.2 Å². The van der Waals surface area contributed by atoms with Crippen molar-refractivity contribution in [1.82, 2.24) is 5.32 Å². The maximum absolute atomic E-state index is 11.8. The van der Waals surface area contributed by atoms with E-state index in [0.29, 0.717) is 6.54 Å². The van der Waals surface area contributed by atoms with E-state index < -0.39 is 11.9 Å². The SMILES string of the molecule is CCCCCCNC(=O)[C@H]1[C@@H](C(=O)O)C1(C)C. The van der Waals surface area contributed by atoms with Crippen molar-refractivity contribution in [1.29, 1.82) is 0 Å². The van der Waals surface area contributed by atoms with Crippen molar-refractivity contribution < 1.29 is 14.7 Å². The highest BCUT2D eigenvalue weighted by Crippen LogP contribution is 2.58. The second-order valence-electron chi connectivity index (χ2n) is 5.47. The molecular formula is C13H23NO3. The lowest BCUT2D eigenvalue weighted by molar-refractivity contribution is -0.140.